The first-order chi connectivity index (χ1) is 41.1. The van der Waals surface area contributed by atoms with Gasteiger partial charge in [-0.25, -0.2) is 0 Å². The fraction of sp³-hybridized carbons (Fsp3) is 0.786. The lowest BCUT2D eigenvalue weighted by Crippen LogP contribution is -2.65. The maximum atomic E-state index is 13.3. The minimum Gasteiger partial charge on any atom is -0.394 e. The topological polar surface area (TPSA) is 228 Å². The van der Waals surface area contributed by atoms with Gasteiger partial charge in [-0.1, -0.05) is 266 Å². The van der Waals surface area contributed by atoms with E-state index in [-0.39, 0.29) is 18.9 Å². The predicted octanol–water partition coefficient (Wildman–Crippen LogP) is 13.2. The Hall–Kier alpha value is -2.83. The summed E-state index contributed by atoms with van der Waals surface area (Å²) in [4.78, 5) is 13.3. The van der Waals surface area contributed by atoms with Crippen molar-refractivity contribution in [1.29, 1.82) is 0 Å². The Kier molecular flexibility index (Phi) is 50.0. The summed E-state index contributed by atoms with van der Waals surface area (Å²) in [5, 5.41) is 87.5. The SMILES string of the molecule is CC/C=C\C/C=C\C/C=C\C/C=C\C/C=C\C/C=C\C/C=C\CCCCCC(=O)NC(COC1OC(CO)C(OC2OC(CO)C(O)C(O)C2O)C(O)C1O)C(O)CCCCCCCCCCCCCCCCCCCCCCCCCCC. The molecular weight excluding hydrogens is 1060 g/mol. The van der Waals surface area contributed by atoms with Gasteiger partial charge in [0.05, 0.1) is 32.0 Å². The minimum absolute atomic E-state index is 0.239. The molecule has 2 fully saturated rings. The molecule has 0 saturated carbocycles. The Labute approximate surface area is 510 Å². The Morgan fingerprint density at radius 1 is 0.440 bits per heavy atom. The van der Waals surface area contributed by atoms with Crippen LogP contribution >= 0.6 is 0 Å². The van der Waals surface area contributed by atoms with E-state index in [2.05, 4.69) is 104 Å². The summed E-state index contributed by atoms with van der Waals surface area (Å²) in [6.45, 7) is 2.74. The highest BCUT2D eigenvalue weighted by Crippen LogP contribution is 2.30. The highest BCUT2D eigenvalue weighted by Gasteiger charge is 2.51. The number of ether oxygens (including phenoxy) is 4. The molecule has 0 aromatic carbocycles. The van der Waals surface area contributed by atoms with E-state index in [1.807, 2.05) is 0 Å². The third kappa shape index (κ3) is 38.4. The van der Waals surface area contributed by atoms with Gasteiger partial charge < -0.3 is 65.1 Å². The van der Waals surface area contributed by atoms with E-state index < -0.39 is 86.8 Å². The van der Waals surface area contributed by atoms with Crippen molar-refractivity contribution in [2.24, 2.45) is 0 Å². The standard InChI is InChI=1S/C70H123NO13/c1-3-5-7-9-11-13-15-17-19-21-23-25-27-29-31-33-35-37-39-41-43-45-47-49-51-53-59(74)58(57-81-69-67(80)65(78)68(61(56-73)83-69)84-70-66(79)64(77)63(76)60(55-72)82-70)71-62(75)54-52-50-48-46-44-42-40-38-36-34-32-30-28-26-24-22-20-18-16-14-12-10-8-6-4-2/h6,8,12,14,18,20,24,26,30,32,36,38,42,44,58-61,63-70,72-74,76-80H,3-5,7,9-11,13,15-17,19,21-23,25,27-29,31,33-35,37,39-41,43,45-57H2,1-2H3,(H,71,75)/b8-6-,14-12-,20-18-,26-24-,32-30-,38-36-,44-42-. The van der Waals surface area contributed by atoms with Crippen molar-refractivity contribution < 1.29 is 64.6 Å². The molecule has 2 rings (SSSR count). The zero-order chi connectivity index (χ0) is 60.9. The normalized spacial score (nSPS) is 24.2. The van der Waals surface area contributed by atoms with Gasteiger partial charge >= 0.3 is 0 Å². The molecule has 12 unspecified atom stereocenters. The first-order valence-electron chi connectivity index (χ1n) is 33.8. The molecule has 2 saturated heterocycles. The van der Waals surface area contributed by atoms with Crippen LogP contribution in [0.5, 0.6) is 0 Å². The number of unbranched alkanes of at least 4 members (excludes halogenated alkanes) is 27. The minimum atomic E-state index is -1.79. The van der Waals surface area contributed by atoms with Crippen molar-refractivity contribution in [3.8, 4) is 0 Å². The number of allylic oxidation sites excluding steroid dienone is 14. The van der Waals surface area contributed by atoms with Crippen LogP contribution in [0, 0.1) is 0 Å². The van der Waals surface area contributed by atoms with E-state index in [1.54, 1.807) is 0 Å². The van der Waals surface area contributed by atoms with E-state index in [0.717, 1.165) is 89.9 Å². The van der Waals surface area contributed by atoms with Gasteiger partial charge in [0.1, 0.15) is 48.8 Å². The quantitative estimate of drug-likeness (QED) is 0.0204. The molecular formula is C70H123NO13. The summed E-state index contributed by atoms with van der Waals surface area (Å²) >= 11 is 0. The molecule has 12 atom stereocenters. The maximum absolute atomic E-state index is 13.3. The van der Waals surface area contributed by atoms with E-state index in [9.17, 15) is 45.6 Å². The number of hydrogen-bond donors (Lipinski definition) is 9. The second-order valence-electron chi connectivity index (χ2n) is 23.6. The second-order valence-corrected chi connectivity index (χ2v) is 23.6. The van der Waals surface area contributed by atoms with Crippen molar-refractivity contribution in [3.63, 3.8) is 0 Å². The van der Waals surface area contributed by atoms with Crippen LogP contribution in [0.1, 0.15) is 258 Å². The van der Waals surface area contributed by atoms with Gasteiger partial charge in [0.25, 0.3) is 0 Å². The monoisotopic (exact) mass is 1190 g/mol. The van der Waals surface area contributed by atoms with Crippen LogP contribution in [0.3, 0.4) is 0 Å². The fourth-order valence-electron chi connectivity index (χ4n) is 10.7. The average Bonchev–Trinajstić information content (AvgIpc) is 3.18. The average molecular weight is 1190 g/mol. The van der Waals surface area contributed by atoms with Crippen LogP contribution in [0.25, 0.3) is 0 Å². The molecule has 0 aliphatic carbocycles. The Bertz CT molecular complexity index is 1730. The number of carbonyl (C=O) groups excluding carboxylic acids is 1. The highest BCUT2D eigenvalue weighted by atomic mass is 16.7. The molecule has 2 heterocycles. The number of nitrogens with one attached hydrogen (secondary N) is 1. The second kappa shape index (κ2) is 54.3. The van der Waals surface area contributed by atoms with Crippen molar-refractivity contribution in [3.05, 3.63) is 85.1 Å². The molecule has 14 heteroatoms. The van der Waals surface area contributed by atoms with E-state index in [0.29, 0.717) is 12.8 Å². The lowest BCUT2D eigenvalue weighted by molar-refractivity contribution is -0.359. The largest absolute Gasteiger partial charge is 0.394 e. The smallest absolute Gasteiger partial charge is 0.220 e. The first-order valence-corrected chi connectivity index (χ1v) is 33.8. The van der Waals surface area contributed by atoms with Gasteiger partial charge in [-0.05, 0) is 70.6 Å². The molecule has 486 valence electrons. The molecule has 0 bridgehead atoms. The third-order valence-corrected chi connectivity index (χ3v) is 16.1. The summed E-state index contributed by atoms with van der Waals surface area (Å²) in [6.07, 6.45) is 57.3. The van der Waals surface area contributed by atoms with Crippen molar-refractivity contribution >= 4 is 5.91 Å². The summed E-state index contributed by atoms with van der Waals surface area (Å²) in [5.74, 6) is -0.239. The molecule has 9 N–H and O–H groups in total. The van der Waals surface area contributed by atoms with Gasteiger partial charge in [0.15, 0.2) is 12.6 Å². The van der Waals surface area contributed by atoms with Gasteiger partial charge in [-0.2, -0.15) is 0 Å². The molecule has 1 amide bonds. The summed E-state index contributed by atoms with van der Waals surface area (Å²) in [6, 6.07) is -0.854. The maximum Gasteiger partial charge on any atom is 0.220 e. The molecule has 14 nitrogen and oxygen atoms in total. The van der Waals surface area contributed by atoms with Crippen molar-refractivity contribution in [1.82, 2.24) is 5.32 Å². The number of carbonyl (C=O) groups is 1. The Morgan fingerprint density at radius 2 is 0.821 bits per heavy atom. The van der Waals surface area contributed by atoms with Crippen LogP contribution in [-0.4, -0.2) is 140 Å². The molecule has 0 radical (unpaired) electrons. The summed E-state index contributed by atoms with van der Waals surface area (Å²) in [5.41, 5.74) is 0. The molecule has 2 aliphatic heterocycles. The number of aliphatic hydroxyl groups excluding tert-OH is 8. The first kappa shape index (κ1) is 77.3. The fourth-order valence-corrected chi connectivity index (χ4v) is 10.7. The lowest BCUT2D eigenvalue weighted by Gasteiger charge is -2.46. The third-order valence-electron chi connectivity index (χ3n) is 16.1. The molecule has 84 heavy (non-hydrogen) atoms. The molecule has 0 aromatic rings. The van der Waals surface area contributed by atoms with Gasteiger partial charge in [-0.3, -0.25) is 4.79 Å². The Morgan fingerprint density at radius 3 is 1.25 bits per heavy atom. The van der Waals surface area contributed by atoms with Gasteiger partial charge in [0, 0.05) is 6.42 Å². The van der Waals surface area contributed by atoms with Crippen LogP contribution in [0.2, 0.25) is 0 Å². The Balaban J connectivity index is 1.72. The predicted molar refractivity (Wildman–Crippen MR) is 341 cm³/mol. The van der Waals surface area contributed by atoms with Crippen molar-refractivity contribution in [2.75, 3.05) is 19.8 Å². The van der Waals surface area contributed by atoms with E-state index in [1.165, 1.54) is 135 Å². The zero-order valence-corrected chi connectivity index (χ0v) is 52.6. The van der Waals surface area contributed by atoms with Crippen LogP contribution in [0.15, 0.2) is 85.1 Å². The molecule has 0 spiro atoms. The van der Waals surface area contributed by atoms with Crippen LogP contribution in [0.4, 0.5) is 0 Å². The molecule has 0 aromatic heterocycles. The summed E-state index contributed by atoms with van der Waals surface area (Å²) < 4.78 is 22.9. The number of rotatable bonds is 54. The van der Waals surface area contributed by atoms with Gasteiger partial charge in [0.2, 0.25) is 5.91 Å². The number of aliphatic hydroxyl groups is 8. The number of amides is 1. The van der Waals surface area contributed by atoms with Crippen LogP contribution < -0.4 is 5.32 Å². The highest BCUT2D eigenvalue weighted by molar-refractivity contribution is 5.76. The zero-order valence-electron chi connectivity index (χ0n) is 52.6. The lowest BCUT2D eigenvalue weighted by atomic mass is 9.97. The number of hydrogen-bond acceptors (Lipinski definition) is 13. The van der Waals surface area contributed by atoms with Crippen molar-refractivity contribution in [2.45, 2.75) is 331 Å². The van der Waals surface area contributed by atoms with Crippen LogP contribution in [-0.2, 0) is 23.7 Å². The van der Waals surface area contributed by atoms with E-state index >= 15 is 0 Å². The van der Waals surface area contributed by atoms with E-state index in [4.69, 9.17) is 18.9 Å². The van der Waals surface area contributed by atoms with Gasteiger partial charge in [-0.15, -0.1) is 0 Å². The summed E-state index contributed by atoms with van der Waals surface area (Å²) in [7, 11) is 0. The molecule has 2 aliphatic rings.